The molecule has 0 aliphatic heterocycles. The molecule has 0 aliphatic carbocycles. The largest absolute Gasteiger partial charge is 0.256 e. The number of aryl methyl sites for hydroxylation is 4. The second kappa shape index (κ2) is 10.7. The molecule has 5 aromatic rings. The molecule has 0 aliphatic rings. The molecule has 34 heavy (non-hydrogen) atoms. The van der Waals surface area contributed by atoms with Crippen LogP contribution in [0.4, 0.5) is 0 Å². The van der Waals surface area contributed by atoms with E-state index >= 15 is 0 Å². The molecule has 0 unspecified atom stereocenters. The van der Waals surface area contributed by atoms with Crippen molar-refractivity contribution in [3.63, 3.8) is 0 Å². The lowest BCUT2D eigenvalue weighted by atomic mass is 9.99. The standard InChI is InChI=1S/C32H28N2/c1-3-10-29(11-4-1)31-20-18-27(23-33-31)16-14-25-8-7-9-26(22-25)15-17-28-19-21-32(34-24-28)30-12-5-2-6-13-30/h1-13,18-24H,14-17H2. The quantitative estimate of drug-likeness (QED) is 0.251. The Morgan fingerprint density at radius 1 is 0.382 bits per heavy atom. The Morgan fingerprint density at radius 2 is 0.824 bits per heavy atom. The molecule has 166 valence electrons. The van der Waals surface area contributed by atoms with Crippen molar-refractivity contribution in [1.82, 2.24) is 9.97 Å². The van der Waals surface area contributed by atoms with E-state index in [-0.39, 0.29) is 0 Å². The van der Waals surface area contributed by atoms with Gasteiger partial charge in [-0.15, -0.1) is 0 Å². The van der Waals surface area contributed by atoms with Gasteiger partial charge in [-0.2, -0.15) is 0 Å². The second-order valence-electron chi connectivity index (χ2n) is 8.66. The summed E-state index contributed by atoms with van der Waals surface area (Å²) in [5.41, 5.74) is 9.67. The highest BCUT2D eigenvalue weighted by Crippen LogP contribution is 2.19. The van der Waals surface area contributed by atoms with Crippen LogP contribution in [0.2, 0.25) is 0 Å². The molecule has 0 bridgehead atoms. The van der Waals surface area contributed by atoms with Gasteiger partial charge in [-0.3, -0.25) is 9.97 Å². The molecule has 2 heteroatoms. The lowest BCUT2D eigenvalue weighted by Gasteiger charge is -2.07. The molecule has 0 amide bonds. The molecule has 0 saturated heterocycles. The molecule has 2 aromatic heterocycles. The molecule has 0 atom stereocenters. The molecule has 0 spiro atoms. The number of nitrogens with zero attached hydrogens (tertiary/aromatic N) is 2. The van der Waals surface area contributed by atoms with Gasteiger partial charge in [-0.25, -0.2) is 0 Å². The molecule has 0 fully saturated rings. The minimum Gasteiger partial charge on any atom is -0.256 e. The van der Waals surface area contributed by atoms with Crippen molar-refractivity contribution in [2.45, 2.75) is 25.7 Å². The fourth-order valence-corrected chi connectivity index (χ4v) is 4.22. The van der Waals surface area contributed by atoms with Crippen LogP contribution in [0.25, 0.3) is 22.5 Å². The fraction of sp³-hybridized carbons (Fsp3) is 0.125. The number of hydrogen-bond acceptors (Lipinski definition) is 2. The molecule has 2 nitrogen and oxygen atoms in total. The third kappa shape index (κ3) is 5.65. The first-order valence-electron chi connectivity index (χ1n) is 11.9. The van der Waals surface area contributed by atoms with E-state index in [9.17, 15) is 0 Å². The van der Waals surface area contributed by atoms with Crippen molar-refractivity contribution < 1.29 is 0 Å². The van der Waals surface area contributed by atoms with Gasteiger partial charge in [0, 0.05) is 23.5 Å². The number of hydrogen-bond donors (Lipinski definition) is 0. The average Bonchev–Trinajstić information content (AvgIpc) is 2.93. The Bertz CT molecular complexity index is 1210. The van der Waals surface area contributed by atoms with E-state index in [2.05, 4.69) is 82.8 Å². The van der Waals surface area contributed by atoms with Gasteiger partial charge in [-0.05, 0) is 60.1 Å². The summed E-state index contributed by atoms with van der Waals surface area (Å²) in [5.74, 6) is 0. The summed E-state index contributed by atoms with van der Waals surface area (Å²) in [6, 6.07) is 38.3. The van der Waals surface area contributed by atoms with Crippen molar-refractivity contribution in [2.75, 3.05) is 0 Å². The van der Waals surface area contributed by atoms with E-state index in [4.69, 9.17) is 0 Å². The fourth-order valence-electron chi connectivity index (χ4n) is 4.22. The Labute approximate surface area is 202 Å². The SMILES string of the molecule is c1ccc(-c2ccc(CCc3cccc(CCc4ccc(-c5ccccc5)nc4)c3)cn2)cc1. The van der Waals surface area contributed by atoms with Gasteiger partial charge in [-0.1, -0.05) is 97.1 Å². The molecule has 0 saturated carbocycles. The van der Waals surface area contributed by atoms with Crippen LogP contribution in [0.1, 0.15) is 22.3 Å². The highest BCUT2D eigenvalue weighted by molar-refractivity contribution is 5.59. The number of rotatable bonds is 8. The minimum atomic E-state index is 0.996. The third-order valence-electron chi connectivity index (χ3n) is 6.18. The van der Waals surface area contributed by atoms with Gasteiger partial charge in [0.25, 0.3) is 0 Å². The minimum absolute atomic E-state index is 0.996. The van der Waals surface area contributed by atoms with Gasteiger partial charge in [0.15, 0.2) is 0 Å². The van der Waals surface area contributed by atoms with Gasteiger partial charge < -0.3 is 0 Å². The van der Waals surface area contributed by atoms with Crippen molar-refractivity contribution in [2.24, 2.45) is 0 Å². The number of aromatic nitrogens is 2. The van der Waals surface area contributed by atoms with Gasteiger partial charge >= 0.3 is 0 Å². The smallest absolute Gasteiger partial charge is 0.0702 e. The first kappa shape index (κ1) is 21.8. The van der Waals surface area contributed by atoms with Crippen LogP contribution in [0.5, 0.6) is 0 Å². The maximum absolute atomic E-state index is 4.66. The Kier molecular flexibility index (Phi) is 6.87. The van der Waals surface area contributed by atoms with Gasteiger partial charge in [0.1, 0.15) is 0 Å². The predicted octanol–water partition coefficient (Wildman–Crippen LogP) is 7.38. The molecule has 0 N–H and O–H groups in total. The first-order chi connectivity index (χ1) is 16.8. The van der Waals surface area contributed by atoms with E-state index in [0.29, 0.717) is 0 Å². The molecule has 2 heterocycles. The lowest BCUT2D eigenvalue weighted by molar-refractivity contribution is 0.923. The first-order valence-corrected chi connectivity index (χ1v) is 11.9. The van der Waals surface area contributed by atoms with Crippen molar-refractivity contribution in [3.8, 4) is 22.5 Å². The van der Waals surface area contributed by atoms with E-state index in [1.807, 2.05) is 48.8 Å². The van der Waals surface area contributed by atoms with E-state index in [1.165, 1.54) is 22.3 Å². The van der Waals surface area contributed by atoms with E-state index in [1.54, 1.807) is 0 Å². The predicted molar refractivity (Wildman–Crippen MR) is 141 cm³/mol. The zero-order valence-corrected chi connectivity index (χ0v) is 19.3. The van der Waals surface area contributed by atoms with Crippen molar-refractivity contribution >= 4 is 0 Å². The molecule has 3 aromatic carbocycles. The highest BCUT2D eigenvalue weighted by atomic mass is 14.7. The summed E-state index contributed by atoms with van der Waals surface area (Å²) in [7, 11) is 0. The Hall–Kier alpha value is -4.04. The Balaban J connectivity index is 1.16. The summed E-state index contributed by atoms with van der Waals surface area (Å²) in [6.07, 6.45) is 8.06. The normalized spacial score (nSPS) is 10.8. The van der Waals surface area contributed by atoms with E-state index < -0.39 is 0 Å². The summed E-state index contributed by atoms with van der Waals surface area (Å²) in [4.78, 5) is 9.32. The summed E-state index contributed by atoms with van der Waals surface area (Å²) >= 11 is 0. The maximum Gasteiger partial charge on any atom is 0.0702 e. The maximum atomic E-state index is 4.66. The summed E-state index contributed by atoms with van der Waals surface area (Å²) < 4.78 is 0. The third-order valence-corrected chi connectivity index (χ3v) is 6.18. The number of pyridine rings is 2. The molecular formula is C32H28N2. The second-order valence-corrected chi connectivity index (χ2v) is 8.66. The number of benzene rings is 3. The molecule has 0 radical (unpaired) electrons. The van der Waals surface area contributed by atoms with Crippen LogP contribution in [-0.4, -0.2) is 9.97 Å². The topological polar surface area (TPSA) is 25.8 Å². The van der Waals surface area contributed by atoms with Crippen LogP contribution in [0.3, 0.4) is 0 Å². The lowest BCUT2D eigenvalue weighted by Crippen LogP contribution is -1.96. The van der Waals surface area contributed by atoms with Gasteiger partial charge in [0.2, 0.25) is 0 Å². The van der Waals surface area contributed by atoms with Crippen LogP contribution in [0, 0.1) is 0 Å². The van der Waals surface area contributed by atoms with Gasteiger partial charge in [0.05, 0.1) is 11.4 Å². The molecular weight excluding hydrogens is 412 g/mol. The Morgan fingerprint density at radius 3 is 1.24 bits per heavy atom. The molecule has 5 rings (SSSR count). The monoisotopic (exact) mass is 440 g/mol. The van der Waals surface area contributed by atoms with Crippen molar-refractivity contribution in [3.05, 3.63) is 144 Å². The van der Waals surface area contributed by atoms with E-state index in [0.717, 1.165) is 48.2 Å². The van der Waals surface area contributed by atoms with Crippen LogP contribution in [-0.2, 0) is 25.7 Å². The highest BCUT2D eigenvalue weighted by Gasteiger charge is 2.03. The van der Waals surface area contributed by atoms with Crippen LogP contribution < -0.4 is 0 Å². The van der Waals surface area contributed by atoms with Crippen molar-refractivity contribution in [1.29, 1.82) is 0 Å². The zero-order valence-electron chi connectivity index (χ0n) is 19.3. The van der Waals surface area contributed by atoms with Crippen LogP contribution >= 0.6 is 0 Å². The summed E-state index contributed by atoms with van der Waals surface area (Å²) in [6.45, 7) is 0. The summed E-state index contributed by atoms with van der Waals surface area (Å²) in [5, 5.41) is 0. The average molecular weight is 441 g/mol. The zero-order chi connectivity index (χ0) is 23.0. The van der Waals surface area contributed by atoms with Crippen LogP contribution in [0.15, 0.2) is 122 Å².